The van der Waals surface area contributed by atoms with Crippen molar-refractivity contribution in [2.45, 2.75) is 0 Å². The average molecular weight is 269 g/mol. The van der Waals surface area contributed by atoms with E-state index >= 15 is 0 Å². The summed E-state index contributed by atoms with van der Waals surface area (Å²) >= 11 is 0. The maximum absolute atomic E-state index is 5.91. The van der Waals surface area contributed by atoms with Crippen molar-refractivity contribution in [1.82, 2.24) is 19.7 Å². The summed E-state index contributed by atoms with van der Waals surface area (Å²) in [5.41, 5.74) is 7.48. The molecular weight excluding hydrogens is 254 g/mol. The quantitative estimate of drug-likeness (QED) is 0.530. The summed E-state index contributed by atoms with van der Waals surface area (Å²) in [5.74, 6) is 7.37. The van der Waals surface area contributed by atoms with Gasteiger partial charge in [0, 0.05) is 19.7 Å². The molecule has 102 valence electrons. The number of nitrogens with zero attached hydrogens (tertiary/aromatic N) is 5. The lowest BCUT2D eigenvalue weighted by Crippen LogP contribution is -2.26. The number of benzene rings is 1. The Bertz CT molecular complexity index is 761. The molecular formula is C13H15N7. The Hall–Kier alpha value is -2.67. The molecule has 0 spiro atoms. The van der Waals surface area contributed by atoms with Crippen LogP contribution in [0.3, 0.4) is 0 Å². The third-order valence-electron chi connectivity index (χ3n) is 3.06. The minimum atomic E-state index is 0.370. The van der Waals surface area contributed by atoms with Gasteiger partial charge in [-0.25, -0.2) is 20.5 Å². The van der Waals surface area contributed by atoms with E-state index in [1.807, 2.05) is 30.3 Å². The highest BCUT2D eigenvalue weighted by atomic mass is 15.4. The van der Waals surface area contributed by atoms with Crippen molar-refractivity contribution >= 4 is 22.7 Å². The number of hydrogen-bond acceptors (Lipinski definition) is 6. The first-order valence-electron chi connectivity index (χ1n) is 6.12. The Labute approximate surface area is 115 Å². The molecule has 20 heavy (non-hydrogen) atoms. The van der Waals surface area contributed by atoms with Crippen LogP contribution in [-0.2, 0) is 7.05 Å². The monoisotopic (exact) mass is 269 g/mol. The Morgan fingerprint density at radius 1 is 1.15 bits per heavy atom. The van der Waals surface area contributed by atoms with Crippen LogP contribution in [0.25, 0.3) is 22.4 Å². The van der Waals surface area contributed by atoms with Crippen molar-refractivity contribution in [2.24, 2.45) is 12.9 Å². The lowest BCUT2D eigenvalue weighted by Gasteiger charge is -2.13. The molecule has 7 heteroatoms. The molecule has 0 unspecified atom stereocenters. The summed E-state index contributed by atoms with van der Waals surface area (Å²) in [5, 5.41) is 6.27. The van der Waals surface area contributed by atoms with Crippen LogP contribution in [0.1, 0.15) is 0 Å². The molecule has 2 heterocycles. The summed E-state index contributed by atoms with van der Waals surface area (Å²) < 4.78 is 1.63. The number of fused-ring (bicyclic) bond motifs is 1. The molecule has 0 atom stereocenters. The number of nitrogens with two attached hydrogens (primary N) is 2. The van der Waals surface area contributed by atoms with E-state index in [0.29, 0.717) is 28.5 Å². The fraction of sp³-hybridized carbons (Fsp3) is 0.154. The maximum Gasteiger partial charge on any atom is 0.166 e. The summed E-state index contributed by atoms with van der Waals surface area (Å²) in [6.07, 6.45) is 0. The highest BCUT2D eigenvalue weighted by Gasteiger charge is 2.17. The van der Waals surface area contributed by atoms with Gasteiger partial charge in [-0.2, -0.15) is 5.10 Å². The Balaban J connectivity index is 2.34. The van der Waals surface area contributed by atoms with Crippen molar-refractivity contribution in [3.8, 4) is 11.4 Å². The molecule has 0 amide bonds. The van der Waals surface area contributed by atoms with Crippen LogP contribution in [0.4, 0.5) is 11.6 Å². The van der Waals surface area contributed by atoms with Crippen LogP contribution in [0, 0.1) is 0 Å². The number of hydrazine groups is 1. The first kappa shape index (κ1) is 12.4. The van der Waals surface area contributed by atoms with Crippen molar-refractivity contribution in [3.63, 3.8) is 0 Å². The van der Waals surface area contributed by atoms with Crippen molar-refractivity contribution in [2.75, 3.05) is 17.8 Å². The maximum atomic E-state index is 5.91. The normalized spacial score (nSPS) is 10.9. The van der Waals surface area contributed by atoms with Gasteiger partial charge in [-0.15, -0.1) is 0 Å². The Morgan fingerprint density at radius 2 is 1.85 bits per heavy atom. The second-order valence-electron chi connectivity index (χ2n) is 4.56. The van der Waals surface area contributed by atoms with Gasteiger partial charge < -0.3 is 5.73 Å². The SMILES string of the molecule is CN(N)c1nc(-c2ccccc2)nc2c1c(N)nn2C. The van der Waals surface area contributed by atoms with Crippen molar-refractivity contribution < 1.29 is 0 Å². The van der Waals surface area contributed by atoms with E-state index in [9.17, 15) is 0 Å². The van der Waals surface area contributed by atoms with Gasteiger partial charge in [0.1, 0.15) is 5.39 Å². The number of aryl methyl sites for hydroxylation is 1. The summed E-state index contributed by atoms with van der Waals surface area (Å²) in [6.45, 7) is 0. The third-order valence-corrected chi connectivity index (χ3v) is 3.06. The van der Waals surface area contributed by atoms with Crippen LogP contribution in [-0.4, -0.2) is 26.8 Å². The molecule has 0 fully saturated rings. The lowest BCUT2D eigenvalue weighted by atomic mass is 10.2. The predicted octanol–water partition coefficient (Wildman–Crippen LogP) is 0.922. The van der Waals surface area contributed by atoms with Gasteiger partial charge in [-0.05, 0) is 0 Å². The number of aromatic nitrogens is 4. The minimum absolute atomic E-state index is 0.370. The highest BCUT2D eigenvalue weighted by molar-refractivity contribution is 5.97. The van der Waals surface area contributed by atoms with Gasteiger partial charge in [0.25, 0.3) is 0 Å². The molecule has 2 aromatic heterocycles. The van der Waals surface area contributed by atoms with Crippen LogP contribution in [0.15, 0.2) is 30.3 Å². The van der Waals surface area contributed by atoms with E-state index in [0.717, 1.165) is 5.56 Å². The molecule has 0 radical (unpaired) electrons. The molecule has 3 aromatic rings. The van der Waals surface area contributed by atoms with Crippen LogP contribution >= 0.6 is 0 Å². The van der Waals surface area contributed by atoms with Crippen LogP contribution < -0.4 is 16.6 Å². The lowest BCUT2D eigenvalue weighted by molar-refractivity contribution is 0.790. The summed E-state index contributed by atoms with van der Waals surface area (Å²) in [7, 11) is 3.50. The Morgan fingerprint density at radius 3 is 2.50 bits per heavy atom. The van der Waals surface area contributed by atoms with E-state index in [2.05, 4.69) is 15.1 Å². The Kier molecular flexibility index (Phi) is 2.76. The first-order chi connectivity index (χ1) is 9.58. The van der Waals surface area contributed by atoms with Gasteiger partial charge in [-0.1, -0.05) is 30.3 Å². The molecule has 4 N–H and O–H groups in total. The average Bonchev–Trinajstić information content (AvgIpc) is 2.74. The van der Waals surface area contributed by atoms with Crippen molar-refractivity contribution in [3.05, 3.63) is 30.3 Å². The smallest absolute Gasteiger partial charge is 0.166 e. The zero-order valence-corrected chi connectivity index (χ0v) is 11.3. The standard InChI is InChI=1S/C13H15N7/c1-19(15)12-9-10(14)18-20(2)13(9)17-11(16-12)8-6-4-3-5-7-8/h3-7H,15H2,1-2H3,(H2,14,18). The number of rotatable bonds is 2. The van der Waals surface area contributed by atoms with Crippen LogP contribution in [0.2, 0.25) is 0 Å². The van der Waals surface area contributed by atoms with Gasteiger partial charge in [0.05, 0.1) is 0 Å². The predicted molar refractivity (Wildman–Crippen MR) is 78.7 cm³/mol. The van der Waals surface area contributed by atoms with Crippen LogP contribution in [0.5, 0.6) is 0 Å². The first-order valence-corrected chi connectivity index (χ1v) is 6.12. The fourth-order valence-corrected chi connectivity index (χ4v) is 2.13. The van der Waals surface area contributed by atoms with E-state index in [4.69, 9.17) is 11.6 Å². The van der Waals surface area contributed by atoms with Crippen molar-refractivity contribution in [1.29, 1.82) is 0 Å². The molecule has 0 saturated carbocycles. The zero-order valence-electron chi connectivity index (χ0n) is 11.3. The molecule has 3 rings (SSSR count). The van der Waals surface area contributed by atoms with E-state index in [1.54, 1.807) is 18.8 Å². The van der Waals surface area contributed by atoms with Gasteiger partial charge in [0.2, 0.25) is 0 Å². The second-order valence-corrected chi connectivity index (χ2v) is 4.56. The molecule has 1 aromatic carbocycles. The molecule has 0 aliphatic rings. The molecule has 7 nitrogen and oxygen atoms in total. The topological polar surface area (TPSA) is 98.9 Å². The van der Waals surface area contributed by atoms with E-state index in [1.165, 1.54) is 5.01 Å². The van der Waals surface area contributed by atoms with Gasteiger partial charge >= 0.3 is 0 Å². The molecule has 0 bridgehead atoms. The summed E-state index contributed by atoms with van der Waals surface area (Å²) in [4.78, 5) is 9.04. The largest absolute Gasteiger partial charge is 0.382 e. The number of hydrogen-bond donors (Lipinski definition) is 2. The minimum Gasteiger partial charge on any atom is -0.382 e. The number of anilines is 2. The zero-order chi connectivity index (χ0) is 14.3. The number of nitrogen functional groups attached to an aromatic ring is 1. The highest BCUT2D eigenvalue weighted by Crippen LogP contribution is 2.29. The molecule has 0 aliphatic carbocycles. The third kappa shape index (κ3) is 1.84. The second kappa shape index (κ2) is 4.46. The van der Waals surface area contributed by atoms with E-state index in [-0.39, 0.29) is 0 Å². The van der Waals surface area contributed by atoms with Gasteiger partial charge in [-0.3, -0.25) is 5.01 Å². The molecule has 0 saturated heterocycles. The van der Waals surface area contributed by atoms with Gasteiger partial charge in [0.15, 0.2) is 23.1 Å². The molecule has 0 aliphatic heterocycles. The fourth-order valence-electron chi connectivity index (χ4n) is 2.13. The summed E-state index contributed by atoms with van der Waals surface area (Å²) in [6, 6.07) is 9.71. The van der Waals surface area contributed by atoms with E-state index < -0.39 is 0 Å².